The molecule has 2 amide bonds. The molecule has 1 N–H and O–H groups in total. The third-order valence-electron chi connectivity index (χ3n) is 3.25. The highest BCUT2D eigenvalue weighted by molar-refractivity contribution is 6.13. The van der Waals surface area contributed by atoms with Gasteiger partial charge >= 0.3 is 5.97 Å². The van der Waals surface area contributed by atoms with Gasteiger partial charge < -0.3 is 5.11 Å². The molecule has 1 aliphatic carbocycles. The van der Waals surface area contributed by atoms with Crippen molar-refractivity contribution in [2.45, 2.75) is 31.7 Å². The predicted molar refractivity (Wildman–Crippen MR) is 54.4 cm³/mol. The molecular formula is C11H13NO4. The Morgan fingerprint density at radius 3 is 2.06 bits per heavy atom. The standard InChI is InChI=1S/C11H13NO4/c13-9-5-6-10(14)12(9)8-3-1-7(2-4-8)11(15)16/h5-8H,1-4H2,(H,15,16). The average molecular weight is 223 g/mol. The van der Waals surface area contributed by atoms with Gasteiger partial charge in [-0.05, 0) is 25.7 Å². The van der Waals surface area contributed by atoms with Crippen molar-refractivity contribution in [1.82, 2.24) is 4.90 Å². The van der Waals surface area contributed by atoms with Crippen molar-refractivity contribution >= 4 is 17.8 Å². The largest absolute Gasteiger partial charge is 0.481 e. The first-order chi connectivity index (χ1) is 7.59. The maximum atomic E-state index is 11.4. The molecule has 0 unspecified atom stereocenters. The van der Waals surface area contributed by atoms with Crippen molar-refractivity contribution in [3.63, 3.8) is 0 Å². The second-order valence-corrected chi connectivity index (χ2v) is 4.22. The van der Waals surface area contributed by atoms with Crippen molar-refractivity contribution in [2.75, 3.05) is 0 Å². The SMILES string of the molecule is O=C(O)C1CCC(N2C(=O)C=CC2=O)CC1. The van der Waals surface area contributed by atoms with Gasteiger partial charge in [-0.3, -0.25) is 19.3 Å². The highest BCUT2D eigenvalue weighted by Crippen LogP contribution is 2.29. The van der Waals surface area contributed by atoms with E-state index in [1.807, 2.05) is 0 Å². The van der Waals surface area contributed by atoms with Crippen LogP contribution in [0.5, 0.6) is 0 Å². The number of amides is 2. The number of hydrogen-bond acceptors (Lipinski definition) is 3. The summed E-state index contributed by atoms with van der Waals surface area (Å²) in [5, 5.41) is 8.83. The van der Waals surface area contributed by atoms with Gasteiger partial charge in [-0.15, -0.1) is 0 Å². The average Bonchev–Trinajstić information content (AvgIpc) is 2.59. The zero-order chi connectivity index (χ0) is 11.7. The first-order valence-electron chi connectivity index (χ1n) is 5.37. The van der Waals surface area contributed by atoms with Crippen molar-refractivity contribution in [1.29, 1.82) is 0 Å². The summed E-state index contributed by atoms with van der Waals surface area (Å²) in [5.74, 6) is -1.65. The summed E-state index contributed by atoms with van der Waals surface area (Å²) in [5.41, 5.74) is 0. The van der Waals surface area contributed by atoms with E-state index >= 15 is 0 Å². The molecule has 1 aliphatic heterocycles. The number of carbonyl (C=O) groups excluding carboxylic acids is 2. The second kappa shape index (κ2) is 4.08. The molecule has 5 heteroatoms. The Morgan fingerprint density at radius 1 is 1.12 bits per heavy atom. The van der Waals surface area contributed by atoms with E-state index in [4.69, 9.17) is 5.11 Å². The fourth-order valence-corrected chi connectivity index (χ4v) is 2.35. The lowest BCUT2D eigenvalue weighted by Gasteiger charge is -2.31. The van der Waals surface area contributed by atoms with Crippen molar-refractivity contribution in [3.05, 3.63) is 12.2 Å². The third kappa shape index (κ3) is 1.85. The Balaban J connectivity index is 1.97. The van der Waals surface area contributed by atoms with Crippen LogP contribution in [0.3, 0.4) is 0 Å². The van der Waals surface area contributed by atoms with Crippen LogP contribution >= 0.6 is 0 Å². The van der Waals surface area contributed by atoms with E-state index in [0.717, 1.165) is 0 Å². The third-order valence-corrected chi connectivity index (χ3v) is 3.25. The quantitative estimate of drug-likeness (QED) is 0.694. The van der Waals surface area contributed by atoms with E-state index in [1.54, 1.807) is 0 Å². The van der Waals surface area contributed by atoms with Crippen LogP contribution in [0.25, 0.3) is 0 Å². The van der Waals surface area contributed by atoms with Gasteiger partial charge in [-0.2, -0.15) is 0 Å². The number of carbonyl (C=O) groups is 3. The highest BCUT2D eigenvalue weighted by atomic mass is 16.4. The number of carboxylic acids is 1. The lowest BCUT2D eigenvalue weighted by Crippen LogP contribution is -2.42. The highest BCUT2D eigenvalue weighted by Gasteiger charge is 2.35. The molecule has 5 nitrogen and oxygen atoms in total. The zero-order valence-electron chi connectivity index (χ0n) is 8.76. The number of carboxylic acid groups (broad SMARTS) is 1. The number of imide groups is 1. The number of nitrogens with zero attached hydrogens (tertiary/aromatic N) is 1. The minimum absolute atomic E-state index is 0.120. The van der Waals surface area contributed by atoms with Gasteiger partial charge in [0.15, 0.2) is 0 Å². The van der Waals surface area contributed by atoms with Crippen molar-refractivity contribution < 1.29 is 19.5 Å². The van der Waals surface area contributed by atoms with Gasteiger partial charge in [0, 0.05) is 18.2 Å². The summed E-state index contributed by atoms with van der Waals surface area (Å²) in [6, 6.07) is -0.120. The maximum absolute atomic E-state index is 11.4. The summed E-state index contributed by atoms with van der Waals surface area (Å²) in [4.78, 5) is 34.8. The lowest BCUT2D eigenvalue weighted by molar-refractivity contribution is -0.144. The van der Waals surface area contributed by atoms with Crippen molar-refractivity contribution in [3.8, 4) is 0 Å². The molecule has 2 rings (SSSR count). The van der Waals surface area contributed by atoms with Gasteiger partial charge in [0.2, 0.25) is 0 Å². The van der Waals surface area contributed by atoms with Crippen LogP contribution < -0.4 is 0 Å². The van der Waals surface area contributed by atoms with E-state index in [-0.39, 0.29) is 23.8 Å². The van der Waals surface area contributed by atoms with E-state index < -0.39 is 5.97 Å². The van der Waals surface area contributed by atoms with Crippen LogP contribution in [0, 0.1) is 5.92 Å². The molecule has 0 aromatic heterocycles. The predicted octanol–water partition coefficient (Wildman–Crippen LogP) is 0.555. The summed E-state index contributed by atoms with van der Waals surface area (Å²) in [6.45, 7) is 0. The Bertz CT molecular complexity index is 348. The summed E-state index contributed by atoms with van der Waals surface area (Å²) in [7, 11) is 0. The number of hydrogen-bond donors (Lipinski definition) is 1. The zero-order valence-corrected chi connectivity index (χ0v) is 8.76. The molecule has 0 saturated heterocycles. The summed E-state index contributed by atoms with van der Waals surface area (Å²) < 4.78 is 0. The first-order valence-corrected chi connectivity index (χ1v) is 5.37. The Hall–Kier alpha value is -1.65. The fraction of sp³-hybridized carbons (Fsp3) is 0.545. The monoisotopic (exact) mass is 223 g/mol. The molecule has 16 heavy (non-hydrogen) atoms. The fourth-order valence-electron chi connectivity index (χ4n) is 2.35. The topological polar surface area (TPSA) is 74.7 Å². The van der Waals surface area contributed by atoms with Gasteiger partial charge in [0.1, 0.15) is 0 Å². The number of rotatable bonds is 2. The van der Waals surface area contributed by atoms with E-state index in [1.165, 1.54) is 17.1 Å². The molecule has 1 fully saturated rings. The molecule has 0 bridgehead atoms. The van der Waals surface area contributed by atoms with E-state index in [2.05, 4.69) is 0 Å². The van der Waals surface area contributed by atoms with Crippen LogP contribution in [0.15, 0.2) is 12.2 Å². The summed E-state index contributed by atoms with van der Waals surface area (Å²) >= 11 is 0. The minimum Gasteiger partial charge on any atom is -0.481 e. The molecule has 0 aromatic rings. The molecule has 0 aromatic carbocycles. The Morgan fingerprint density at radius 2 is 1.62 bits per heavy atom. The van der Waals surface area contributed by atoms with Crippen LogP contribution in [-0.4, -0.2) is 33.8 Å². The lowest BCUT2D eigenvalue weighted by atomic mass is 9.85. The smallest absolute Gasteiger partial charge is 0.306 e. The second-order valence-electron chi connectivity index (χ2n) is 4.22. The maximum Gasteiger partial charge on any atom is 0.306 e. The van der Waals surface area contributed by atoms with Gasteiger partial charge in [0.05, 0.1) is 5.92 Å². The molecule has 2 aliphatic rings. The Labute approximate surface area is 92.7 Å². The molecule has 0 radical (unpaired) electrons. The van der Waals surface area contributed by atoms with Gasteiger partial charge in [-0.1, -0.05) is 0 Å². The van der Waals surface area contributed by atoms with Gasteiger partial charge in [-0.25, -0.2) is 0 Å². The van der Waals surface area contributed by atoms with Gasteiger partial charge in [0.25, 0.3) is 11.8 Å². The van der Waals surface area contributed by atoms with Crippen LogP contribution in [-0.2, 0) is 14.4 Å². The molecule has 86 valence electrons. The van der Waals surface area contributed by atoms with E-state index in [9.17, 15) is 14.4 Å². The van der Waals surface area contributed by atoms with Crippen molar-refractivity contribution in [2.24, 2.45) is 5.92 Å². The molecule has 1 saturated carbocycles. The summed E-state index contributed by atoms with van der Waals surface area (Å²) in [6.07, 6.45) is 4.80. The van der Waals surface area contributed by atoms with Crippen LogP contribution in [0.2, 0.25) is 0 Å². The van der Waals surface area contributed by atoms with E-state index in [0.29, 0.717) is 25.7 Å². The number of aliphatic carboxylic acids is 1. The molecular weight excluding hydrogens is 210 g/mol. The molecule has 0 atom stereocenters. The first kappa shape index (κ1) is 10.9. The normalized spacial score (nSPS) is 29.9. The molecule has 0 spiro atoms. The van der Waals surface area contributed by atoms with Crippen LogP contribution in [0.1, 0.15) is 25.7 Å². The minimum atomic E-state index is -0.782. The van der Waals surface area contributed by atoms with Crippen LogP contribution in [0.4, 0.5) is 0 Å². The molecule has 1 heterocycles. The Kier molecular flexibility index (Phi) is 2.77.